The Labute approximate surface area is 206 Å². The van der Waals surface area contributed by atoms with E-state index in [-0.39, 0.29) is 35.6 Å². The number of carbonyl (C=O) groups excluding carboxylic acids is 1. The number of nitrogens with zero attached hydrogens (tertiary/aromatic N) is 3. The molecule has 2 aromatic carbocycles. The molecule has 0 radical (unpaired) electrons. The lowest BCUT2D eigenvalue weighted by atomic mass is 9.88. The summed E-state index contributed by atoms with van der Waals surface area (Å²) in [7, 11) is 0. The van der Waals surface area contributed by atoms with Gasteiger partial charge in [0.2, 0.25) is 0 Å². The van der Waals surface area contributed by atoms with E-state index in [1.54, 1.807) is 30.5 Å². The van der Waals surface area contributed by atoms with Crippen molar-refractivity contribution in [2.24, 2.45) is 16.8 Å². The summed E-state index contributed by atoms with van der Waals surface area (Å²) in [4.78, 5) is 23.3. The van der Waals surface area contributed by atoms with Gasteiger partial charge < -0.3 is 4.90 Å². The van der Waals surface area contributed by atoms with Crippen LogP contribution in [0.3, 0.4) is 0 Å². The number of anilines is 1. The minimum Gasteiger partial charge on any atom is -0.371 e. The van der Waals surface area contributed by atoms with E-state index in [9.17, 15) is 22.4 Å². The Kier molecular flexibility index (Phi) is 6.36. The van der Waals surface area contributed by atoms with Crippen molar-refractivity contribution in [3.05, 3.63) is 77.7 Å². The summed E-state index contributed by atoms with van der Waals surface area (Å²) in [6, 6.07) is 12.7. The quantitative estimate of drug-likeness (QED) is 0.306. The van der Waals surface area contributed by atoms with E-state index in [4.69, 9.17) is 0 Å². The number of alkyl halides is 3. The van der Waals surface area contributed by atoms with Crippen molar-refractivity contribution >= 4 is 33.7 Å². The lowest BCUT2D eigenvalue weighted by Crippen LogP contribution is -2.36. The second-order valence-corrected chi connectivity index (χ2v) is 9.44. The number of carbonyl (C=O) groups is 1. The van der Waals surface area contributed by atoms with Crippen LogP contribution in [0.5, 0.6) is 0 Å². The van der Waals surface area contributed by atoms with Crippen LogP contribution in [0.25, 0.3) is 16.5 Å². The molecule has 1 fully saturated rings. The molecule has 8 heteroatoms. The molecule has 0 amide bonds. The van der Waals surface area contributed by atoms with Gasteiger partial charge in [0, 0.05) is 54.0 Å². The summed E-state index contributed by atoms with van der Waals surface area (Å²) in [5.41, 5.74) is 1.79. The van der Waals surface area contributed by atoms with Crippen LogP contribution < -0.4 is 4.90 Å². The molecule has 36 heavy (non-hydrogen) atoms. The summed E-state index contributed by atoms with van der Waals surface area (Å²) in [6.45, 7) is 3.21. The third kappa shape index (κ3) is 4.76. The number of fused-ring (bicyclic) bond motifs is 1. The molecule has 0 spiro atoms. The number of halogens is 4. The molecule has 1 aromatic heterocycles. The standard InChI is InChI=1S/C28H25F4N3O/c1-17-14-22(27(34-16-17)28(30,31)32)20-4-7-24-23(15-20)25(8-11-33-24)35-12-9-19(10-13-35)26(36)18-2-5-21(29)6-3-18/h2-8,11,14-15,17,19H,9-10,12-13,16H2,1H3. The summed E-state index contributed by atoms with van der Waals surface area (Å²) < 4.78 is 54.3. The highest BCUT2D eigenvalue weighted by Gasteiger charge is 2.40. The molecule has 0 saturated carbocycles. The zero-order valence-electron chi connectivity index (χ0n) is 19.7. The lowest BCUT2D eigenvalue weighted by Gasteiger charge is -2.33. The van der Waals surface area contributed by atoms with Gasteiger partial charge in [0.25, 0.3) is 0 Å². The summed E-state index contributed by atoms with van der Waals surface area (Å²) in [5, 5.41) is 0.763. The third-order valence-corrected chi connectivity index (χ3v) is 6.88. The number of piperidine rings is 1. The van der Waals surface area contributed by atoms with Crippen molar-refractivity contribution in [3.8, 4) is 0 Å². The van der Waals surface area contributed by atoms with Gasteiger partial charge in [0.15, 0.2) is 5.78 Å². The second-order valence-electron chi connectivity index (χ2n) is 9.44. The Balaban J connectivity index is 1.41. The highest BCUT2D eigenvalue weighted by atomic mass is 19.4. The van der Waals surface area contributed by atoms with Gasteiger partial charge in [0.05, 0.1) is 5.52 Å². The van der Waals surface area contributed by atoms with E-state index in [2.05, 4.69) is 14.9 Å². The van der Waals surface area contributed by atoms with Crippen LogP contribution in [-0.4, -0.2) is 42.3 Å². The van der Waals surface area contributed by atoms with Crippen LogP contribution in [0.2, 0.25) is 0 Å². The average Bonchev–Trinajstić information content (AvgIpc) is 2.87. The van der Waals surface area contributed by atoms with Gasteiger partial charge in [-0.05, 0) is 66.8 Å². The average molecular weight is 496 g/mol. The Morgan fingerprint density at radius 1 is 1.03 bits per heavy atom. The van der Waals surface area contributed by atoms with E-state index < -0.39 is 11.9 Å². The highest BCUT2D eigenvalue weighted by Crippen LogP contribution is 2.36. The number of aromatic nitrogens is 1. The van der Waals surface area contributed by atoms with Crippen molar-refractivity contribution in [2.75, 3.05) is 24.5 Å². The van der Waals surface area contributed by atoms with Crippen LogP contribution in [0, 0.1) is 17.7 Å². The largest absolute Gasteiger partial charge is 0.433 e. The van der Waals surface area contributed by atoms with Crippen molar-refractivity contribution in [2.45, 2.75) is 25.9 Å². The van der Waals surface area contributed by atoms with Crippen molar-refractivity contribution < 1.29 is 22.4 Å². The predicted octanol–water partition coefficient (Wildman–Crippen LogP) is 6.51. The first-order valence-corrected chi connectivity index (χ1v) is 12.0. The van der Waals surface area contributed by atoms with Crippen LogP contribution >= 0.6 is 0 Å². The Morgan fingerprint density at radius 2 is 1.75 bits per heavy atom. The highest BCUT2D eigenvalue weighted by molar-refractivity contribution is 6.27. The zero-order valence-corrected chi connectivity index (χ0v) is 19.7. The maximum absolute atomic E-state index is 13.7. The maximum Gasteiger partial charge on any atom is 0.433 e. The number of benzene rings is 2. The first-order chi connectivity index (χ1) is 17.2. The number of rotatable bonds is 4. The fourth-order valence-electron chi connectivity index (χ4n) is 5.02. The van der Waals surface area contributed by atoms with Gasteiger partial charge >= 0.3 is 6.18 Å². The van der Waals surface area contributed by atoms with Crippen LogP contribution in [0.15, 0.2) is 65.8 Å². The number of hydrogen-bond donors (Lipinski definition) is 0. The molecule has 0 bridgehead atoms. The number of Topliss-reactive ketones (excluding diaryl/α,β-unsaturated/α-hetero) is 1. The normalized spacial score (nSPS) is 19.2. The van der Waals surface area contributed by atoms with Gasteiger partial charge in [-0.25, -0.2) is 4.39 Å². The minimum atomic E-state index is -4.53. The smallest absolute Gasteiger partial charge is 0.371 e. The van der Waals surface area contributed by atoms with Crippen LogP contribution in [-0.2, 0) is 0 Å². The molecule has 0 aliphatic carbocycles. The second kappa shape index (κ2) is 9.48. The third-order valence-electron chi connectivity index (χ3n) is 6.88. The van der Waals surface area contributed by atoms with Crippen LogP contribution in [0.1, 0.15) is 35.7 Å². The molecule has 1 atom stereocenters. The summed E-state index contributed by atoms with van der Waals surface area (Å²) >= 11 is 0. The number of allylic oxidation sites excluding steroid dienone is 1. The van der Waals surface area contributed by atoms with Crippen molar-refractivity contribution in [3.63, 3.8) is 0 Å². The molecular weight excluding hydrogens is 470 g/mol. The molecule has 0 N–H and O–H groups in total. The molecule has 5 rings (SSSR count). The van der Waals surface area contributed by atoms with Gasteiger partial charge in [-0.2, -0.15) is 13.2 Å². The van der Waals surface area contributed by atoms with E-state index in [0.717, 1.165) is 11.1 Å². The summed E-state index contributed by atoms with van der Waals surface area (Å²) in [5.74, 6) is -0.617. The maximum atomic E-state index is 13.7. The first kappa shape index (κ1) is 24.2. The number of dihydropyridines is 1. The molecule has 3 heterocycles. The van der Waals surface area contributed by atoms with E-state index in [1.165, 1.54) is 24.3 Å². The molecule has 186 valence electrons. The molecular formula is C28H25F4N3O. The molecule has 1 unspecified atom stereocenters. The van der Waals surface area contributed by atoms with Crippen molar-refractivity contribution in [1.29, 1.82) is 0 Å². The number of aliphatic imine (C=N–C) groups is 1. The molecule has 1 saturated heterocycles. The number of hydrogen-bond acceptors (Lipinski definition) is 4. The molecule has 2 aliphatic heterocycles. The Hall–Kier alpha value is -3.55. The minimum absolute atomic E-state index is 0.00819. The molecule has 4 nitrogen and oxygen atoms in total. The topological polar surface area (TPSA) is 45.6 Å². The van der Waals surface area contributed by atoms with Gasteiger partial charge in [0.1, 0.15) is 11.5 Å². The lowest BCUT2D eigenvalue weighted by molar-refractivity contribution is -0.0575. The predicted molar refractivity (Wildman–Crippen MR) is 133 cm³/mol. The Bertz CT molecular complexity index is 1350. The Morgan fingerprint density at radius 3 is 2.44 bits per heavy atom. The van der Waals surface area contributed by atoms with E-state index in [1.807, 2.05) is 13.0 Å². The van der Waals surface area contributed by atoms with Gasteiger partial charge in [-0.15, -0.1) is 0 Å². The van der Waals surface area contributed by atoms with E-state index >= 15 is 0 Å². The van der Waals surface area contributed by atoms with Gasteiger partial charge in [-0.1, -0.05) is 19.1 Å². The SMILES string of the molecule is CC1C=C(c2ccc3nccc(N4CCC(C(=O)c5ccc(F)cc5)CC4)c3c2)C(C(F)(F)F)=NC1. The van der Waals surface area contributed by atoms with Crippen LogP contribution in [0.4, 0.5) is 23.2 Å². The fourth-order valence-corrected chi connectivity index (χ4v) is 5.02. The van der Waals surface area contributed by atoms with Crippen molar-refractivity contribution in [1.82, 2.24) is 4.98 Å². The monoisotopic (exact) mass is 495 g/mol. The summed E-state index contributed by atoms with van der Waals surface area (Å²) in [6.07, 6.45) is 0.0649. The zero-order chi connectivity index (χ0) is 25.4. The van der Waals surface area contributed by atoms with Gasteiger partial charge in [-0.3, -0.25) is 14.8 Å². The first-order valence-electron chi connectivity index (χ1n) is 12.0. The fraction of sp³-hybridized carbons (Fsp3) is 0.321. The number of ketones is 1. The molecule has 3 aromatic rings. The number of pyridine rings is 1. The van der Waals surface area contributed by atoms with E-state index in [0.29, 0.717) is 42.6 Å². The molecule has 2 aliphatic rings.